The quantitative estimate of drug-likeness (QED) is 0.874. The van der Waals surface area contributed by atoms with Gasteiger partial charge in [0.25, 0.3) is 0 Å². The van der Waals surface area contributed by atoms with Gasteiger partial charge in [-0.2, -0.15) is 0 Å². The summed E-state index contributed by atoms with van der Waals surface area (Å²) in [6, 6.07) is 3.26. The first kappa shape index (κ1) is 16.0. The van der Waals surface area contributed by atoms with Crippen LogP contribution in [0.4, 0.5) is 0 Å². The molecule has 0 aromatic heterocycles. The van der Waals surface area contributed by atoms with Gasteiger partial charge in [0.1, 0.15) is 5.75 Å². The van der Waals surface area contributed by atoms with Crippen molar-refractivity contribution in [3.05, 3.63) is 23.3 Å². The molecule has 0 fully saturated rings. The molecule has 0 aliphatic carbocycles. The van der Waals surface area contributed by atoms with Crippen molar-refractivity contribution in [3.63, 3.8) is 0 Å². The molecule has 0 saturated carbocycles. The maximum atomic E-state index is 12.3. The molecule has 1 aromatic carbocycles. The van der Waals surface area contributed by atoms with Crippen LogP contribution in [0.5, 0.6) is 5.75 Å². The second-order valence-electron chi connectivity index (χ2n) is 4.68. The molecule has 1 aromatic rings. The third-order valence-corrected chi connectivity index (χ3v) is 4.98. The van der Waals surface area contributed by atoms with Crippen molar-refractivity contribution in [2.75, 3.05) is 6.61 Å². The summed E-state index contributed by atoms with van der Waals surface area (Å²) >= 11 is 0. The zero-order valence-electron chi connectivity index (χ0n) is 12.3. The first-order chi connectivity index (χ1) is 8.83. The van der Waals surface area contributed by atoms with E-state index in [9.17, 15) is 8.42 Å². The third kappa shape index (κ3) is 3.70. The summed E-state index contributed by atoms with van der Waals surface area (Å²) in [6.07, 6.45) is 0.758. The Morgan fingerprint density at radius 3 is 2.37 bits per heavy atom. The summed E-state index contributed by atoms with van der Waals surface area (Å²) < 4.78 is 32.7. The highest BCUT2D eigenvalue weighted by atomic mass is 32.2. The lowest BCUT2D eigenvalue weighted by molar-refractivity contribution is 0.337. The van der Waals surface area contributed by atoms with Crippen molar-refractivity contribution in [2.24, 2.45) is 0 Å². The van der Waals surface area contributed by atoms with Crippen LogP contribution >= 0.6 is 0 Å². The van der Waals surface area contributed by atoms with Crippen LogP contribution in [0.2, 0.25) is 0 Å². The van der Waals surface area contributed by atoms with Crippen molar-refractivity contribution >= 4 is 10.0 Å². The minimum absolute atomic E-state index is 0.0729. The molecule has 0 aliphatic rings. The van der Waals surface area contributed by atoms with Crippen molar-refractivity contribution < 1.29 is 13.2 Å². The van der Waals surface area contributed by atoms with Crippen molar-refractivity contribution in [1.29, 1.82) is 0 Å². The predicted molar refractivity (Wildman–Crippen MR) is 77.2 cm³/mol. The zero-order chi connectivity index (χ0) is 14.6. The first-order valence-electron chi connectivity index (χ1n) is 6.58. The number of hydrogen-bond acceptors (Lipinski definition) is 3. The molecule has 0 spiro atoms. The molecule has 0 saturated heterocycles. The Labute approximate surface area is 116 Å². The molecular weight excluding hydrogens is 262 g/mol. The van der Waals surface area contributed by atoms with Crippen LogP contribution in [0.1, 0.15) is 38.3 Å². The zero-order valence-corrected chi connectivity index (χ0v) is 13.1. The van der Waals surface area contributed by atoms with E-state index in [0.29, 0.717) is 11.5 Å². The van der Waals surface area contributed by atoms with E-state index >= 15 is 0 Å². The monoisotopic (exact) mass is 285 g/mol. The molecule has 108 valence electrons. The Morgan fingerprint density at radius 1 is 1.21 bits per heavy atom. The average Bonchev–Trinajstić information content (AvgIpc) is 2.34. The van der Waals surface area contributed by atoms with Gasteiger partial charge in [-0.05, 0) is 57.4 Å². The van der Waals surface area contributed by atoms with E-state index in [0.717, 1.165) is 23.3 Å². The maximum absolute atomic E-state index is 12.3. The molecule has 0 amide bonds. The number of sulfonamides is 1. The number of ether oxygens (including phenoxy) is 1. The van der Waals surface area contributed by atoms with E-state index in [2.05, 4.69) is 4.72 Å². The van der Waals surface area contributed by atoms with Gasteiger partial charge in [0.15, 0.2) is 0 Å². The lowest BCUT2D eigenvalue weighted by Crippen LogP contribution is -2.32. The second kappa shape index (κ2) is 6.39. The van der Waals surface area contributed by atoms with Crippen LogP contribution in [0, 0.1) is 13.8 Å². The van der Waals surface area contributed by atoms with E-state index in [4.69, 9.17) is 4.74 Å². The normalized spacial score (nSPS) is 13.3. The van der Waals surface area contributed by atoms with Gasteiger partial charge in [-0.15, -0.1) is 0 Å². The molecule has 1 unspecified atom stereocenters. The predicted octanol–water partition coefficient (Wildman–Crippen LogP) is 2.78. The maximum Gasteiger partial charge on any atom is 0.241 e. The molecule has 1 N–H and O–H groups in total. The van der Waals surface area contributed by atoms with Gasteiger partial charge >= 0.3 is 0 Å². The average molecular weight is 285 g/mol. The highest BCUT2D eigenvalue weighted by molar-refractivity contribution is 7.89. The number of hydrogen-bond donors (Lipinski definition) is 1. The fraction of sp³-hybridized carbons (Fsp3) is 0.571. The Kier molecular flexibility index (Phi) is 5.38. The van der Waals surface area contributed by atoms with Crippen LogP contribution in [-0.2, 0) is 10.0 Å². The fourth-order valence-electron chi connectivity index (χ4n) is 1.79. The first-order valence-corrected chi connectivity index (χ1v) is 8.07. The van der Waals surface area contributed by atoms with Gasteiger partial charge in [-0.1, -0.05) is 6.92 Å². The summed E-state index contributed by atoms with van der Waals surface area (Å²) in [5.74, 6) is 0.738. The Bertz CT molecular complexity index is 538. The molecule has 19 heavy (non-hydrogen) atoms. The Hall–Kier alpha value is -1.07. The van der Waals surface area contributed by atoms with Gasteiger partial charge in [0.2, 0.25) is 10.0 Å². The minimum atomic E-state index is -3.46. The van der Waals surface area contributed by atoms with Crippen LogP contribution < -0.4 is 9.46 Å². The van der Waals surface area contributed by atoms with E-state index in [1.807, 2.05) is 34.6 Å². The van der Waals surface area contributed by atoms with Gasteiger partial charge in [0.05, 0.1) is 11.5 Å². The standard InChI is InChI=1S/C14H23NO3S/c1-6-10(3)15-19(16,17)14-9-8-13(18-7-2)11(4)12(14)5/h8-10,15H,6-7H2,1-5H3. The summed E-state index contributed by atoms with van der Waals surface area (Å²) in [5.41, 5.74) is 1.61. The Balaban J connectivity index is 3.18. The van der Waals surface area contributed by atoms with Crippen LogP contribution in [-0.4, -0.2) is 21.1 Å². The SMILES string of the molecule is CCOc1ccc(S(=O)(=O)NC(C)CC)c(C)c1C. The molecule has 4 nitrogen and oxygen atoms in total. The topological polar surface area (TPSA) is 55.4 Å². The highest BCUT2D eigenvalue weighted by Gasteiger charge is 2.20. The van der Waals surface area contributed by atoms with Crippen molar-refractivity contribution in [2.45, 2.75) is 52.0 Å². The summed E-state index contributed by atoms with van der Waals surface area (Å²) in [5, 5.41) is 0. The number of benzene rings is 1. The van der Waals surface area contributed by atoms with E-state index in [1.54, 1.807) is 12.1 Å². The van der Waals surface area contributed by atoms with Crippen LogP contribution in [0.3, 0.4) is 0 Å². The van der Waals surface area contributed by atoms with E-state index < -0.39 is 10.0 Å². The van der Waals surface area contributed by atoms with E-state index in [1.165, 1.54) is 0 Å². The summed E-state index contributed by atoms with van der Waals surface area (Å²) in [6.45, 7) is 9.96. The third-order valence-electron chi connectivity index (χ3n) is 3.25. The molecule has 0 radical (unpaired) electrons. The van der Waals surface area contributed by atoms with Gasteiger partial charge < -0.3 is 4.74 Å². The molecule has 1 rings (SSSR count). The van der Waals surface area contributed by atoms with Gasteiger partial charge in [-0.25, -0.2) is 13.1 Å². The van der Waals surface area contributed by atoms with Crippen LogP contribution in [0.25, 0.3) is 0 Å². The van der Waals surface area contributed by atoms with E-state index in [-0.39, 0.29) is 6.04 Å². The lowest BCUT2D eigenvalue weighted by atomic mass is 10.1. The second-order valence-corrected chi connectivity index (χ2v) is 6.36. The molecule has 0 aliphatic heterocycles. The molecule has 5 heteroatoms. The van der Waals surface area contributed by atoms with Crippen LogP contribution in [0.15, 0.2) is 17.0 Å². The van der Waals surface area contributed by atoms with Gasteiger partial charge in [-0.3, -0.25) is 0 Å². The fourth-order valence-corrected chi connectivity index (χ4v) is 3.41. The van der Waals surface area contributed by atoms with Crippen molar-refractivity contribution in [3.8, 4) is 5.75 Å². The molecule has 1 atom stereocenters. The highest BCUT2D eigenvalue weighted by Crippen LogP contribution is 2.27. The number of rotatable bonds is 6. The number of nitrogens with one attached hydrogen (secondary N) is 1. The summed E-state index contributed by atoms with van der Waals surface area (Å²) in [4.78, 5) is 0.328. The smallest absolute Gasteiger partial charge is 0.241 e. The largest absolute Gasteiger partial charge is 0.494 e. The molecular formula is C14H23NO3S. The molecule has 0 heterocycles. The molecule has 0 bridgehead atoms. The van der Waals surface area contributed by atoms with Gasteiger partial charge in [0, 0.05) is 6.04 Å². The lowest BCUT2D eigenvalue weighted by Gasteiger charge is -2.16. The van der Waals surface area contributed by atoms with Crippen molar-refractivity contribution in [1.82, 2.24) is 4.72 Å². The Morgan fingerprint density at radius 2 is 1.84 bits per heavy atom. The minimum Gasteiger partial charge on any atom is -0.494 e. The summed E-state index contributed by atoms with van der Waals surface area (Å²) in [7, 11) is -3.46.